The van der Waals surface area contributed by atoms with Crippen molar-refractivity contribution in [3.05, 3.63) is 71.7 Å². The number of benzene rings is 2. The van der Waals surface area contributed by atoms with Crippen LogP contribution < -0.4 is 4.74 Å². The quantitative estimate of drug-likeness (QED) is 0.709. The van der Waals surface area contributed by atoms with Crippen molar-refractivity contribution in [2.75, 3.05) is 13.7 Å². The fraction of sp³-hybridized carbons (Fsp3) is 0.286. The molecule has 0 N–H and O–H groups in total. The lowest BCUT2D eigenvalue weighted by Crippen LogP contribution is -2.22. The zero-order valence-electron chi connectivity index (χ0n) is 14.9. The molecule has 4 nitrogen and oxygen atoms in total. The van der Waals surface area contributed by atoms with Gasteiger partial charge in [-0.2, -0.15) is 5.10 Å². The molecule has 1 aliphatic heterocycles. The Morgan fingerprint density at radius 3 is 2.81 bits per heavy atom. The molecule has 1 aromatic heterocycles. The van der Waals surface area contributed by atoms with E-state index in [9.17, 15) is 4.39 Å². The third-order valence-electron chi connectivity index (χ3n) is 4.75. The van der Waals surface area contributed by atoms with E-state index >= 15 is 0 Å². The van der Waals surface area contributed by atoms with Gasteiger partial charge >= 0.3 is 0 Å². The first-order valence-corrected chi connectivity index (χ1v) is 8.89. The number of hydrogen-bond acceptors (Lipinski definition) is 3. The first kappa shape index (κ1) is 16.8. The van der Waals surface area contributed by atoms with E-state index in [1.54, 1.807) is 19.2 Å². The van der Waals surface area contributed by atoms with Gasteiger partial charge in [0, 0.05) is 31.7 Å². The summed E-state index contributed by atoms with van der Waals surface area (Å²) < 4.78 is 20.9. The average Bonchev–Trinajstić information content (AvgIpc) is 2.95. The maximum absolute atomic E-state index is 13.5. The second kappa shape index (κ2) is 7.30. The van der Waals surface area contributed by atoms with Crippen LogP contribution in [0.3, 0.4) is 0 Å². The van der Waals surface area contributed by atoms with Gasteiger partial charge in [0.25, 0.3) is 0 Å². The lowest BCUT2D eigenvalue weighted by atomic mass is 10.1. The topological polar surface area (TPSA) is 30.3 Å². The van der Waals surface area contributed by atoms with Gasteiger partial charge in [-0.05, 0) is 42.3 Å². The van der Waals surface area contributed by atoms with Crippen molar-refractivity contribution in [3.63, 3.8) is 0 Å². The van der Waals surface area contributed by atoms with E-state index in [0.29, 0.717) is 0 Å². The van der Waals surface area contributed by atoms with Gasteiger partial charge in [-0.15, -0.1) is 0 Å². The lowest BCUT2D eigenvalue weighted by molar-refractivity contribution is 0.261. The molecule has 0 saturated heterocycles. The number of rotatable bonds is 4. The van der Waals surface area contributed by atoms with Crippen molar-refractivity contribution < 1.29 is 9.13 Å². The van der Waals surface area contributed by atoms with Gasteiger partial charge < -0.3 is 4.74 Å². The van der Waals surface area contributed by atoms with Crippen LogP contribution in [0.25, 0.3) is 11.3 Å². The van der Waals surface area contributed by atoms with Crippen LogP contribution in [0.1, 0.15) is 17.7 Å². The molecule has 4 rings (SSSR count). The molecule has 0 spiro atoms. The van der Waals surface area contributed by atoms with E-state index in [-0.39, 0.29) is 5.82 Å². The van der Waals surface area contributed by atoms with Gasteiger partial charge in [0.2, 0.25) is 0 Å². The predicted molar refractivity (Wildman–Crippen MR) is 99.3 cm³/mol. The molecule has 2 heterocycles. The van der Waals surface area contributed by atoms with Gasteiger partial charge in [0.1, 0.15) is 11.6 Å². The van der Waals surface area contributed by atoms with Crippen LogP contribution in [0.4, 0.5) is 4.39 Å². The summed E-state index contributed by atoms with van der Waals surface area (Å²) >= 11 is 0. The number of fused-ring (bicyclic) bond motifs is 1. The zero-order chi connectivity index (χ0) is 17.9. The number of methoxy groups -OCH3 is 1. The van der Waals surface area contributed by atoms with Gasteiger partial charge in [-0.1, -0.05) is 24.3 Å². The van der Waals surface area contributed by atoms with Crippen molar-refractivity contribution in [2.45, 2.75) is 26.1 Å². The summed E-state index contributed by atoms with van der Waals surface area (Å²) in [6.45, 7) is 3.44. The van der Waals surface area contributed by atoms with Crippen molar-refractivity contribution >= 4 is 0 Å². The summed E-state index contributed by atoms with van der Waals surface area (Å²) in [4.78, 5) is 2.35. The number of ether oxygens (including phenoxy) is 1. The van der Waals surface area contributed by atoms with E-state index in [4.69, 9.17) is 9.84 Å². The number of aryl methyl sites for hydroxylation is 1. The van der Waals surface area contributed by atoms with Crippen LogP contribution in [0.5, 0.6) is 5.75 Å². The molecule has 0 fully saturated rings. The Morgan fingerprint density at radius 2 is 1.96 bits per heavy atom. The van der Waals surface area contributed by atoms with Gasteiger partial charge in [-0.3, -0.25) is 9.58 Å². The maximum atomic E-state index is 13.5. The highest BCUT2D eigenvalue weighted by molar-refractivity contribution is 5.61. The number of halogens is 1. The number of nitrogens with zero attached hydrogens (tertiary/aromatic N) is 3. The van der Waals surface area contributed by atoms with E-state index in [0.717, 1.165) is 55.2 Å². The minimum absolute atomic E-state index is 0.178. The fourth-order valence-electron chi connectivity index (χ4n) is 3.48. The molecule has 26 heavy (non-hydrogen) atoms. The molecule has 0 bridgehead atoms. The molecule has 5 heteroatoms. The molecule has 2 aromatic carbocycles. The fourth-order valence-corrected chi connectivity index (χ4v) is 3.48. The van der Waals surface area contributed by atoms with Crippen LogP contribution in [0.15, 0.2) is 54.6 Å². The molecular formula is C21H22FN3O. The van der Waals surface area contributed by atoms with Crippen molar-refractivity contribution in [1.82, 2.24) is 14.7 Å². The average molecular weight is 351 g/mol. The molecule has 134 valence electrons. The van der Waals surface area contributed by atoms with E-state index in [1.165, 1.54) is 11.8 Å². The summed E-state index contributed by atoms with van der Waals surface area (Å²) in [5.41, 5.74) is 4.22. The summed E-state index contributed by atoms with van der Waals surface area (Å²) in [6, 6.07) is 17.0. The molecule has 0 unspecified atom stereocenters. The first-order chi connectivity index (χ1) is 12.7. The minimum atomic E-state index is -0.178. The SMILES string of the molecule is COc1cccc(-c2cc3n(n2)CCCN(Cc2cccc(F)c2)C3)c1. The third kappa shape index (κ3) is 3.63. The van der Waals surface area contributed by atoms with Crippen LogP contribution >= 0.6 is 0 Å². The molecule has 0 amide bonds. The molecule has 0 atom stereocenters. The van der Waals surface area contributed by atoms with E-state index in [2.05, 4.69) is 21.7 Å². The van der Waals surface area contributed by atoms with Gasteiger partial charge in [0.15, 0.2) is 0 Å². The summed E-state index contributed by atoms with van der Waals surface area (Å²) in [5.74, 6) is 0.654. The van der Waals surface area contributed by atoms with Gasteiger partial charge in [0.05, 0.1) is 18.5 Å². The normalized spacial score (nSPS) is 14.7. The van der Waals surface area contributed by atoms with Crippen LogP contribution in [-0.2, 0) is 19.6 Å². The lowest BCUT2D eigenvalue weighted by Gasteiger charge is -2.19. The summed E-state index contributed by atoms with van der Waals surface area (Å²) in [6.07, 6.45) is 1.03. The van der Waals surface area contributed by atoms with Crippen LogP contribution in [0.2, 0.25) is 0 Å². The molecule has 0 radical (unpaired) electrons. The highest BCUT2D eigenvalue weighted by Crippen LogP contribution is 2.25. The number of aromatic nitrogens is 2. The van der Waals surface area contributed by atoms with Crippen molar-refractivity contribution in [3.8, 4) is 17.0 Å². The molecular weight excluding hydrogens is 329 g/mol. The molecule has 3 aromatic rings. The highest BCUT2D eigenvalue weighted by atomic mass is 19.1. The molecule has 0 aliphatic carbocycles. The van der Waals surface area contributed by atoms with E-state index in [1.807, 2.05) is 24.3 Å². The Balaban J connectivity index is 1.55. The second-order valence-corrected chi connectivity index (χ2v) is 6.67. The van der Waals surface area contributed by atoms with Crippen molar-refractivity contribution in [2.24, 2.45) is 0 Å². The standard InChI is InChI=1S/C21H22FN3O/c1-26-20-8-3-6-17(12-20)21-13-19-15-24(9-4-10-25(19)23-21)14-16-5-2-7-18(22)11-16/h2-3,5-8,11-13H,4,9-10,14-15H2,1H3. The third-order valence-corrected chi connectivity index (χ3v) is 4.75. The second-order valence-electron chi connectivity index (χ2n) is 6.67. The largest absolute Gasteiger partial charge is 0.497 e. The Kier molecular flexibility index (Phi) is 4.71. The number of hydrogen-bond donors (Lipinski definition) is 0. The molecule has 0 saturated carbocycles. The first-order valence-electron chi connectivity index (χ1n) is 8.89. The summed E-state index contributed by atoms with van der Waals surface area (Å²) in [5, 5.41) is 4.79. The smallest absolute Gasteiger partial charge is 0.123 e. The monoisotopic (exact) mass is 351 g/mol. The maximum Gasteiger partial charge on any atom is 0.123 e. The highest BCUT2D eigenvalue weighted by Gasteiger charge is 2.18. The Labute approximate surface area is 152 Å². The Bertz CT molecular complexity index is 906. The zero-order valence-corrected chi connectivity index (χ0v) is 14.9. The summed E-state index contributed by atoms with van der Waals surface area (Å²) in [7, 11) is 1.67. The van der Waals surface area contributed by atoms with Crippen LogP contribution in [-0.4, -0.2) is 28.3 Å². The van der Waals surface area contributed by atoms with Crippen LogP contribution in [0, 0.1) is 5.82 Å². The minimum Gasteiger partial charge on any atom is -0.497 e. The predicted octanol–water partition coefficient (Wildman–Crippen LogP) is 4.10. The molecule has 1 aliphatic rings. The Morgan fingerprint density at radius 1 is 1.08 bits per heavy atom. The van der Waals surface area contributed by atoms with Crippen molar-refractivity contribution in [1.29, 1.82) is 0 Å². The van der Waals surface area contributed by atoms with E-state index < -0.39 is 0 Å². The van der Waals surface area contributed by atoms with Gasteiger partial charge in [-0.25, -0.2) is 4.39 Å². The Hall–Kier alpha value is -2.66.